The van der Waals surface area contributed by atoms with E-state index in [1.807, 2.05) is 0 Å². The average Bonchev–Trinajstić information content (AvgIpc) is 2.48. The molecule has 5 nitrogen and oxygen atoms in total. The van der Waals surface area contributed by atoms with Crippen LogP contribution in [0.15, 0.2) is 4.52 Å². The van der Waals surface area contributed by atoms with Gasteiger partial charge in [0.05, 0.1) is 12.6 Å². The number of aryl methyl sites for hydroxylation is 1. The highest BCUT2D eigenvalue weighted by Gasteiger charge is 2.16. The second kappa shape index (κ2) is 5.41. The summed E-state index contributed by atoms with van der Waals surface area (Å²) >= 11 is 0. The van der Waals surface area contributed by atoms with E-state index < -0.39 is 0 Å². The Bertz CT molecular complexity index is 317. The molecule has 1 atom stereocenters. The quantitative estimate of drug-likeness (QED) is 0.792. The van der Waals surface area contributed by atoms with Crippen molar-refractivity contribution in [1.82, 2.24) is 15.5 Å². The van der Waals surface area contributed by atoms with E-state index in [9.17, 15) is 5.11 Å². The first kappa shape index (κ1) is 13.1. The van der Waals surface area contributed by atoms with Crippen LogP contribution in [-0.4, -0.2) is 27.9 Å². The predicted octanol–water partition coefficient (Wildman–Crippen LogP) is 1.26. The van der Waals surface area contributed by atoms with Gasteiger partial charge in [-0.2, -0.15) is 4.98 Å². The molecule has 0 aliphatic heterocycles. The van der Waals surface area contributed by atoms with E-state index in [0.717, 1.165) is 6.42 Å². The number of aliphatic hydroxyl groups excluding tert-OH is 1. The van der Waals surface area contributed by atoms with E-state index in [4.69, 9.17) is 4.52 Å². The molecule has 1 unspecified atom stereocenters. The van der Waals surface area contributed by atoms with Crippen LogP contribution in [0, 0.1) is 12.3 Å². The molecule has 0 saturated carbocycles. The van der Waals surface area contributed by atoms with Crippen LogP contribution in [0.3, 0.4) is 0 Å². The maximum atomic E-state index is 9.74. The van der Waals surface area contributed by atoms with E-state index >= 15 is 0 Å². The second-order valence-electron chi connectivity index (χ2n) is 5.28. The van der Waals surface area contributed by atoms with Gasteiger partial charge in [-0.05, 0) is 11.8 Å². The van der Waals surface area contributed by atoms with Crippen molar-refractivity contribution in [3.8, 4) is 0 Å². The number of hydrogen-bond acceptors (Lipinski definition) is 5. The lowest BCUT2D eigenvalue weighted by molar-refractivity contribution is 0.119. The van der Waals surface area contributed by atoms with Gasteiger partial charge in [0.15, 0.2) is 5.82 Å². The zero-order chi connectivity index (χ0) is 12.2. The maximum Gasteiger partial charge on any atom is 0.223 e. The summed E-state index contributed by atoms with van der Waals surface area (Å²) < 4.78 is 4.84. The monoisotopic (exact) mass is 227 g/mol. The topological polar surface area (TPSA) is 71.2 Å². The lowest BCUT2D eigenvalue weighted by Crippen LogP contribution is -2.30. The number of aromatic nitrogens is 2. The molecule has 5 heteroatoms. The van der Waals surface area contributed by atoms with Crippen molar-refractivity contribution in [2.24, 2.45) is 5.41 Å². The Balaban J connectivity index is 2.20. The van der Waals surface area contributed by atoms with Crippen molar-refractivity contribution in [3.63, 3.8) is 0 Å². The molecule has 0 saturated heterocycles. The molecule has 92 valence electrons. The predicted molar refractivity (Wildman–Crippen MR) is 60.8 cm³/mol. The lowest BCUT2D eigenvalue weighted by Gasteiger charge is -2.22. The summed E-state index contributed by atoms with van der Waals surface area (Å²) in [6.07, 6.45) is 0.429. The Hall–Kier alpha value is -0.940. The van der Waals surface area contributed by atoms with Gasteiger partial charge in [0.2, 0.25) is 5.89 Å². The highest BCUT2D eigenvalue weighted by molar-refractivity contribution is 4.83. The van der Waals surface area contributed by atoms with Crippen molar-refractivity contribution in [2.45, 2.75) is 46.8 Å². The highest BCUT2D eigenvalue weighted by Crippen LogP contribution is 2.20. The second-order valence-corrected chi connectivity index (χ2v) is 5.28. The molecule has 0 aromatic carbocycles. The Labute approximate surface area is 96.2 Å². The van der Waals surface area contributed by atoms with Gasteiger partial charge in [-0.25, -0.2) is 0 Å². The Morgan fingerprint density at radius 1 is 1.44 bits per heavy atom. The van der Waals surface area contributed by atoms with Crippen molar-refractivity contribution in [3.05, 3.63) is 11.7 Å². The van der Waals surface area contributed by atoms with E-state index in [1.54, 1.807) is 6.92 Å². The van der Waals surface area contributed by atoms with Gasteiger partial charge < -0.3 is 14.9 Å². The smallest absolute Gasteiger partial charge is 0.223 e. The highest BCUT2D eigenvalue weighted by atomic mass is 16.5. The average molecular weight is 227 g/mol. The minimum atomic E-state index is -0.340. The minimum absolute atomic E-state index is 0.143. The van der Waals surface area contributed by atoms with Crippen molar-refractivity contribution >= 4 is 0 Å². The van der Waals surface area contributed by atoms with Crippen LogP contribution >= 0.6 is 0 Å². The van der Waals surface area contributed by atoms with Crippen LogP contribution < -0.4 is 5.32 Å². The summed E-state index contributed by atoms with van der Waals surface area (Å²) in [6.45, 7) is 9.16. The Morgan fingerprint density at radius 2 is 2.12 bits per heavy atom. The van der Waals surface area contributed by atoms with Gasteiger partial charge in [-0.15, -0.1) is 0 Å². The van der Waals surface area contributed by atoms with Crippen LogP contribution in [0.1, 0.15) is 38.9 Å². The minimum Gasteiger partial charge on any atom is -0.392 e. The first-order valence-corrected chi connectivity index (χ1v) is 5.55. The van der Waals surface area contributed by atoms with Gasteiger partial charge in [0.25, 0.3) is 0 Å². The third-order valence-electron chi connectivity index (χ3n) is 2.08. The molecule has 16 heavy (non-hydrogen) atoms. The van der Waals surface area contributed by atoms with Crippen LogP contribution in [0.2, 0.25) is 0 Å². The fraction of sp³-hybridized carbons (Fsp3) is 0.818. The molecular formula is C11H21N3O2. The van der Waals surface area contributed by atoms with Gasteiger partial charge in [0.1, 0.15) is 0 Å². The largest absolute Gasteiger partial charge is 0.392 e. The van der Waals surface area contributed by atoms with Gasteiger partial charge in [-0.1, -0.05) is 25.9 Å². The number of nitrogens with one attached hydrogen (secondary N) is 1. The van der Waals surface area contributed by atoms with E-state index in [-0.39, 0.29) is 11.5 Å². The third-order valence-corrected chi connectivity index (χ3v) is 2.08. The van der Waals surface area contributed by atoms with Gasteiger partial charge in [-0.3, -0.25) is 0 Å². The molecule has 1 aromatic heterocycles. The molecule has 1 rings (SSSR count). The molecule has 0 bridgehead atoms. The molecule has 1 aromatic rings. The number of nitrogens with zero attached hydrogens (tertiary/aromatic N) is 2. The van der Waals surface area contributed by atoms with Crippen molar-refractivity contribution in [1.29, 1.82) is 0 Å². The molecule has 1 heterocycles. The summed E-state index contributed by atoms with van der Waals surface area (Å²) in [5.74, 6) is 1.19. The van der Waals surface area contributed by atoms with E-state index in [0.29, 0.717) is 24.8 Å². The summed E-state index contributed by atoms with van der Waals surface area (Å²) in [6, 6.07) is 0. The Kier molecular flexibility index (Phi) is 4.44. The van der Waals surface area contributed by atoms with Gasteiger partial charge >= 0.3 is 0 Å². The van der Waals surface area contributed by atoms with Crippen LogP contribution in [0.25, 0.3) is 0 Å². The van der Waals surface area contributed by atoms with E-state index in [2.05, 4.69) is 36.2 Å². The number of aliphatic hydroxyl groups is 1. The molecule has 0 aliphatic carbocycles. The lowest BCUT2D eigenvalue weighted by atomic mass is 9.89. The SMILES string of the molecule is Cc1nc(CNCC(O)CC(C)(C)C)no1. The molecule has 0 radical (unpaired) electrons. The fourth-order valence-corrected chi connectivity index (χ4v) is 1.54. The zero-order valence-electron chi connectivity index (χ0n) is 10.4. The number of hydrogen-bond donors (Lipinski definition) is 2. The molecule has 0 aliphatic rings. The number of rotatable bonds is 5. The molecule has 0 spiro atoms. The molecule has 2 N–H and O–H groups in total. The van der Waals surface area contributed by atoms with Gasteiger partial charge in [0, 0.05) is 13.5 Å². The summed E-state index contributed by atoms with van der Waals surface area (Å²) in [7, 11) is 0. The Morgan fingerprint density at radius 3 is 2.62 bits per heavy atom. The van der Waals surface area contributed by atoms with Crippen LogP contribution in [0.4, 0.5) is 0 Å². The zero-order valence-corrected chi connectivity index (χ0v) is 10.4. The van der Waals surface area contributed by atoms with E-state index in [1.165, 1.54) is 0 Å². The van der Waals surface area contributed by atoms with Crippen LogP contribution in [0.5, 0.6) is 0 Å². The normalized spacial score (nSPS) is 14.1. The summed E-state index contributed by atoms with van der Waals surface area (Å²) in [5, 5.41) is 16.6. The molecular weight excluding hydrogens is 206 g/mol. The maximum absolute atomic E-state index is 9.74. The first-order chi connectivity index (χ1) is 7.37. The van der Waals surface area contributed by atoms with Crippen LogP contribution in [-0.2, 0) is 6.54 Å². The van der Waals surface area contributed by atoms with Crippen molar-refractivity contribution < 1.29 is 9.63 Å². The van der Waals surface area contributed by atoms with Crippen molar-refractivity contribution in [2.75, 3.05) is 6.54 Å². The molecule has 0 amide bonds. The third kappa shape index (κ3) is 5.23. The summed E-state index contributed by atoms with van der Waals surface area (Å²) in [4.78, 5) is 4.06. The molecule has 0 fully saturated rings. The fourth-order valence-electron chi connectivity index (χ4n) is 1.54. The standard InChI is InChI=1S/C11H21N3O2/c1-8-13-10(14-16-8)7-12-6-9(15)5-11(2,3)4/h9,12,15H,5-7H2,1-4H3. The first-order valence-electron chi connectivity index (χ1n) is 5.55. The summed E-state index contributed by atoms with van der Waals surface area (Å²) in [5.41, 5.74) is 0.143.